The molecular weight excluding hydrogens is 276 g/mol. The molecule has 1 atom stereocenters. The normalized spacial score (nSPS) is 21.1. The van der Waals surface area contributed by atoms with E-state index in [0.29, 0.717) is 6.42 Å². The molecule has 1 aromatic rings. The second-order valence-electron chi connectivity index (χ2n) is 5.18. The van der Waals surface area contributed by atoms with Crippen molar-refractivity contribution in [2.75, 3.05) is 11.5 Å². The largest absolute Gasteiger partial charge is 0.273 e. The molecule has 1 saturated heterocycles. The summed E-state index contributed by atoms with van der Waals surface area (Å²) >= 11 is 0. The fourth-order valence-electron chi connectivity index (χ4n) is 2.17. The first kappa shape index (κ1) is 14.7. The van der Waals surface area contributed by atoms with E-state index in [-0.39, 0.29) is 29.8 Å². The van der Waals surface area contributed by atoms with Gasteiger partial charge >= 0.3 is 0 Å². The summed E-state index contributed by atoms with van der Waals surface area (Å²) in [6, 6.07) is 7.75. The molecule has 1 N–H and O–H groups in total. The summed E-state index contributed by atoms with van der Waals surface area (Å²) in [6.45, 7) is 2.00. The zero-order valence-corrected chi connectivity index (χ0v) is 12.2. The summed E-state index contributed by atoms with van der Waals surface area (Å²) in [4.78, 5) is 11.6. The highest BCUT2D eigenvalue weighted by Gasteiger charge is 2.29. The second-order valence-corrected chi connectivity index (χ2v) is 7.41. The molecule has 1 heterocycles. The van der Waals surface area contributed by atoms with E-state index < -0.39 is 9.84 Å². The second kappa shape index (κ2) is 6.17. The molecule has 0 unspecified atom stereocenters. The lowest BCUT2D eigenvalue weighted by atomic mass is 10.1. The van der Waals surface area contributed by atoms with Crippen LogP contribution in [-0.2, 0) is 14.6 Å². The summed E-state index contributed by atoms with van der Waals surface area (Å²) in [5, 5.41) is 3.88. The lowest BCUT2D eigenvalue weighted by molar-refractivity contribution is -0.121. The van der Waals surface area contributed by atoms with Gasteiger partial charge in [-0.2, -0.15) is 5.10 Å². The van der Waals surface area contributed by atoms with Crippen LogP contribution in [0.3, 0.4) is 0 Å². The smallest absolute Gasteiger partial charge is 0.240 e. The van der Waals surface area contributed by atoms with Crippen molar-refractivity contribution in [3.05, 3.63) is 35.4 Å². The van der Waals surface area contributed by atoms with Crippen molar-refractivity contribution in [1.29, 1.82) is 0 Å². The maximum absolute atomic E-state index is 11.6. The van der Waals surface area contributed by atoms with Crippen LogP contribution in [0.25, 0.3) is 0 Å². The molecule has 0 aromatic heterocycles. The summed E-state index contributed by atoms with van der Waals surface area (Å²) in [6.07, 6.45) is 2.35. The van der Waals surface area contributed by atoms with Crippen molar-refractivity contribution in [3.8, 4) is 0 Å². The zero-order valence-electron chi connectivity index (χ0n) is 11.4. The van der Waals surface area contributed by atoms with Crippen molar-refractivity contribution < 1.29 is 13.2 Å². The highest BCUT2D eigenvalue weighted by Crippen LogP contribution is 2.21. The monoisotopic (exact) mass is 294 g/mol. The van der Waals surface area contributed by atoms with Crippen LogP contribution in [-0.4, -0.2) is 32.0 Å². The Labute approximate surface area is 119 Å². The van der Waals surface area contributed by atoms with Gasteiger partial charge < -0.3 is 0 Å². The van der Waals surface area contributed by atoms with Gasteiger partial charge in [0.05, 0.1) is 17.7 Å². The number of hydrogen-bond acceptors (Lipinski definition) is 4. The molecule has 5 nitrogen and oxygen atoms in total. The molecule has 6 heteroatoms. The summed E-state index contributed by atoms with van der Waals surface area (Å²) in [5.41, 5.74) is 4.50. The van der Waals surface area contributed by atoms with Gasteiger partial charge in [-0.1, -0.05) is 29.8 Å². The van der Waals surface area contributed by atoms with Crippen molar-refractivity contribution in [2.45, 2.75) is 19.8 Å². The molecule has 0 spiro atoms. The fourth-order valence-corrected chi connectivity index (χ4v) is 4.03. The molecule has 0 radical (unpaired) electrons. The number of aryl methyl sites for hydroxylation is 1. The predicted octanol–water partition coefficient (Wildman–Crippen LogP) is 1.27. The third-order valence-corrected chi connectivity index (χ3v) is 5.12. The Kier molecular flexibility index (Phi) is 4.54. The van der Waals surface area contributed by atoms with Gasteiger partial charge in [-0.25, -0.2) is 13.8 Å². The minimum atomic E-state index is -2.93. The number of carbonyl (C=O) groups excluding carboxylic acids is 1. The Balaban J connectivity index is 1.79. The number of carbonyl (C=O) groups is 1. The van der Waals surface area contributed by atoms with Gasteiger partial charge in [0.25, 0.3) is 0 Å². The maximum atomic E-state index is 11.6. The first-order valence-corrected chi connectivity index (χ1v) is 8.36. The number of benzene rings is 1. The number of nitrogens with one attached hydrogen (secondary N) is 1. The van der Waals surface area contributed by atoms with Crippen molar-refractivity contribution >= 4 is 22.0 Å². The van der Waals surface area contributed by atoms with Crippen molar-refractivity contribution in [1.82, 2.24) is 5.43 Å². The number of amides is 1. The molecule has 1 fully saturated rings. The standard InChI is InChI=1S/C14H18N2O3S/c1-11-2-4-12(5-3-11)9-15-16-14(17)8-13-6-7-20(18,19)10-13/h2-5,9,13H,6-8,10H2,1H3,(H,16,17)/b15-9-/t13-/m0/s1. The minimum Gasteiger partial charge on any atom is -0.273 e. The minimum absolute atomic E-state index is 0.0745. The average molecular weight is 294 g/mol. The Morgan fingerprint density at radius 3 is 2.70 bits per heavy atom. The van der Waals surface area contributed by atoms with Gasteiger partial charge in [0.15, 0.2) is 9.84 Å². The Morgan fingerprint density at radius 1 is 1.40 bits per heavy atom. The van der Waals surface area contributed by atoms with E-state index in [0.717, 1.165) is 11.1 Å². The van der Waals surface area contributed by atoms with Gasteiger partial charge in [0, 0.05) is 6.42 Å². The van der Waals surface area contributed by atoms with E-state index in [1.165, 1.54) is 0 Å². The maximum Gasteiger partial charge on any atom is 0.240 e. The molecule has 1 amide bonds. The van der Waals surface area contributed by atoms with E-state index in [4.69, 9.17) is 0 Å². The van der Waals surface area contributed by atoms with Crippen LogP contribution in [0.5, 0.6) is 0 Å². The zero-order chi connectivity index (χ0) is 14.6. The summed E-state index contributed by atoms with van der Waals surface area (Å²) < 4.78 is 22.6. The molecule has 1 aromatic carbocycles. The first-order chi connectivity index (χ1) is 9.44. The van der Waals surface area contributed by atoms with E-state index in [1.807, 2.05) is 31.2 Å². The van der Waals surface area contributed by atoms with Gasteiger partial charge in [-0.05, 0) is 24.8 Å². The summed E-state index contributed by atoms with van der Waals surface area (Å²) in [7, 11) is -2.93. The van der Waals surface area contributed by atoms with Crippen LogP contribution < -0.4 is 5.43 Å². The molecule has 0 saturated carbocycles. The first-order valence-electron chi connectivity index (χ1n) is 6.53. The Hall–Kier alpha value is -1.69. The fraction of sp³-hybridized carbons (Fsp3) is 0.429. The lowest BCUT2D eigenvalue weighted by Gasteiger charge is -2.05. The van der Waals surface area contributed by atoms with E-state index in [9.17, 15) is 13.2 Å². The lowest BCUT2D eigenvalue weighted by Crippen LogP contribution is -2.21. The molecule has 1 aliphatic heterocycles. The predicted molar refractivity (Wildman–Crippen MR) is 78.3 cm³/mol. The highest BCUT2D eigenvalue weighted by atomic mass is 32.2. The van der Waals surface area contributed by atoms with Crippen LogP contribution >= 0.6 is 0 Å². The SMILES string of the molecule is Cc1ccc(/C=N\NC(=O)C[C@@H]2CCS(=O)(=O)C2)cc1. The van der Waals surface area contributed by atoms with Crippen molar-refractivity contribution in [3.63, 3.8) is 0 Å². The third kappa shape index (κ3) is 4.45. The third-order valence-electron chi connectivity index (χ3n) is 3.28. The highest BCUT2D eigenvalue weighted by molar-refractivity contribution is 7.91. The number of hydrogen-bond donors (Lipinski definition) is 1. The van der Waals surface area contributed by atoms with Crippen LogP contribution in [0.2, 0.25) is 0 Å². The van der Waals surface area contributed by atoms with Crippen LogP contribution in [0.15, 0.2) is 29.4 Å². The van der Waals surface area contributed by atoms with Crippen LogP contribution in [0, 0.1) is 12.8 Å². The Morgan fingerprint density at radius 2 is 2.10 bits per heavy atom. The molecule has 2 rings (SSSR count). The molecule has 0 bridgehead atoms. The quantitative estimate of drug-likeness (QED) is 0.671. The van der Waals surface area contributed by atoms with Gasteiger partial charge in [-0.3, -0.25) is 4.79 Å². The number of hydrazone groups is 1. The van der Waals surface area contributed by atoms with E-state index in [1.54, 1.807) is 6.21 Å². The average Bonchev–Trinajstić information content (AvgIpc) is 2.71. The van der Waals surface area contributed by atoms with Gasteiger partial charge in [0.2, 0.25) is 5.91 Å². The number of sulfone groups is 1. The van der Waals surface area contributed by atoms with Gasteiger partial charge in [0.1, 0.15) is 0 Å². The van der Waals surface area contributed by atoms with Crippen molar-refractivity contribution in [2.24, 2.45) is 11.0 Å². The van der Waals surface area contributed by atoms with Gasteiger partial charge in [-0.15, -0.1) is 0 Å². The molecule has 20 heavy (non-hydrogen) atoms. The molecule has 1 aliphatic rings. The number of rotatable bonds is 4. The summed E-state index contributed by atoms with van der Waals surface area (Å²) in [5.74, 6) is -0.00955. The van der Waals surface area contributed by atoms with Crippen LogP contribution in [0.4, 0.5) is 0 Å². The van der Waals surface area contributed by atoms with E-state index in [2.05, 4.69) is 10.5 Å². The molecular formula is C14H18N2O3S. The number of nitrogens with zero attached hydrogens (tertiary/aromatic N) is 1. The molecule has 108 valence electrons. The van der Waals surface area contributed by atoms with E-state index >= 15 is 0 Å². The van der Waals surface area contributed by atoms with Crippen LogP contribution in [0.1, 0.15) is 24.0 Å². The topological polar surface area (TPSA) is 75.6 Å². The molecule has 0 aliphatic carbocycles. The Bertz CT molecular complexity index is 606.